The molecule has 1 saturated carbocycles. The van der Waals surface area contributed by atoms with Gasteiger partial charge in [0.1, 0.15) is 5.82 Å². The highest BCUT2D eigenvalue weighted by Gasteiger charge is 2.65. The van der Waals surface area contributed by atoms with Crippen LogP contribution in [0.1, 0.15) is 19.8 Å². The Balaban J connectivity index is 1.54. The van der Waals surface area contributed by atoms with E-state index in [0.717, 1.165) is 41.3 Å². The average molecular weight is 410 g/mol. The molecule has 4 nitrogen and oxygen atoms in total. The number of aromatic nitrogens is 1. The number of fused-ring (bicyclic) bond motifs is 1. The number of carbonyl (C=O) groups is 1. The SMILES string of the molecule is CC1C(C(=O)Nc2cc3cc(Br)c(Cl)cc3cn2)C12CCOCC2. The second-order valence-electron chi connectivity index (χ2n) is 6.78. The standard InChI is InChI=1S/C18H18BrClN2O2/c1-10-16(18(10)2-4-24-5-3-18)17(23)22-15-8-11-6-13(19)14(20)7-12(11)9-21-15/h6-10,16H,2-5H2,1H3,(H,21,22,23). The van der Waals surface area contributed by atoms with Crippen molar-refractivity contribution in [2.24, 2.45) is 17.3 Å². The summed E-state index contributed by atoms with van der Waals surface area (Å²) < 4.78 is 6.28. The lowest BCUT2D eigenvalue weighted by atomic mass is 9.92. The third-order valence-electron chi connectivity index (χ3n) is 5.64. The third kappa shape index (κ3) is 2.63. The van der Waals surface area contributed by atoms with E-state index in [0.29, 0.717) is 16.8 Å². The number of ether oxygens (including phenoxy) is 1. The van der Waals surface area contributed by atoms with E-state index in [1.54, 1.807) is 6.20 Å². The number of hydrogen-bond acceptors (Lipinski definition) is 3. The fourth-order valence-electron chi connectivity index (χ4n) is 4.12. The van der Waals surface area contributed by atoms with Crippen molar-refractivity contribution in [3.8, 4) is 0 Å². The van der Waals surface area contributed by atoms with E-state index in [4.69, 9.17) is 16.3 Å². The van der Waals surface area contributed by atoms with Crippen molar-refractivity contribution in [3.63, 3.8) is 0 Å². The van der Waals surface area contributed by atoms with E-state index >= 15 is 0 Å². The highest BCUT2D eigenvalue weighted by Crippen LogP contribution is 2.64. The molecule has 2 fully saturated rings. The van der Waals surface area contributed by atoms with Crippen molar-refractivity contribution in [3.05, 3.63) is 33.9 Å². The van der Waals surface area contributed by atoms with Crippen LogP contribution < -0.4 is 5.32 Å². The maximum atomic E-state index is 12.7. The summed E-state index contributed by atoms with van der Waals surface area (Å²) in [5.74, 6) is 1.14. The van der Waals surface area contributed by atoms with Crippen LogP contribution in [0.3, 0.4) is 0 Å². The normalized spacial score (nSPS) is 25.0. The number of nitrogens with one attached hydrogen (secondary N) is 1. The van der Waals surface area contributed by atoms with Crippen molar-refractivity contribution >= 4 is 50.0 Å². The van der Waals surface area contributed by atoms with Crippen LogP contribution in [0.4, 0.5) is 5.82 Å². The molecule has 1 spiro atoms. The minimum Gasteiger partial charge on any atom is -0.381 e. The van der Waals surface area contributed by atoms with Crippen molar-refractivity contribution in [1.29, 1.82) is 0 Å². The Morgan fingerprint density at radius 2 is 2.08 bits per heavy atom. The van der Waals surface area contributed by atoms with Gasteiger partial charge in [0, 0.05) is 35.2 Å². The number of rotatable bonds is 2. The Kier molecular flexibility index (Phi) is 4.06. The van der Waals surface area contributed by atoms with Crippen molar-refractivity contribution in [2.75, 3.05) is 18.5 Å². The third-order valence-corrected chi connectivity index (χ3v) is 6.83. The first-order chi connectivity index (χ1) is 11.5. The van der Waals surface area contributed by atoms with Gasteiger partial charge in [-0.05, 0) is 63.7 Å². The monoisotopic (exact) mass is 408 g/mol. The van der Waals surface area contributed by atoms with Crippen molar-refractivity contribution < 1.29 is 9.53 Å². The number of amides is 1. The van der Waals surface area contributed by atoms with E-state index in [-0.39, 0.29) is 17.2 Å². The Labute approximate surface area is 154 Å². The number of nitrogens with zero attached hydrogens (tertiary/aromatic N) is 1. The molecule has 6 heteroatoms. The van der Waals surface area contributed by atoms with Gasteiger partial charge in [-0.2, -0.15) is 0 Å². The molecule has 1 aromatic heterocycles. The molecule has 1 saturated heterocycles. The van der Waals surface area contributed by atoms with Crippen LogP contribution in [0.5, 0.6) is 0 Å². The molecule has 1 aliphatic carbocycles. The van der Waals surface area contributed by atoms with E-state index < -0.39 is 0 Å². The number of carbonyl (C=O) groups excluding carboxylic acids is 1. The number of anilines is 1. The molecule has 0 bridgehead atoms. The van der Waals surface area contributed by atoms with Gasteiger partial charge in [-0.25, -0.2) is 4.98 Å². The maximum Gasteiger partial charge on any atom is 0.229 e. The molecular weight excluding hydrogens is 392 g/mol. The van der Waals surface area contributed by atoms with Crippen molar-refractivity contribution in [1.82, 2.24) is 4.98 Å². The molecule has 1 aliphatic heterocycles. The summed E-state index contributed by atoms with van der Waals surface area (Å²) in [5, 5.41) is 5.57. The van der Waals surface area contributed by atoms with Gasteiger partial charge in [-0.3, -0.25) is 4.79 Å². The highest BCUT2D eigenvalue weighted by atomic mass is 79.9. The van der Waals surface area contributed by atoms with E-state index in [1.807, 2.05) is 18.2 Å². The first-order valence-electron chi connectivity index (χ1n) is 8.15. The van der Waals surface area contributed by atoms with Crippen molar-refractivity contribution in [2.45, 2.75) is 19.8 Å². The molecule has 24 heavy (non-hydrogen) atoms. The molecule has 1 amide bonds. The Morgan fingerprint density at radius 1 is 1.33 bits per heavy atom. The Bertz CT molecular complexity index is 820. The van der Waals surface area contributed by atoms with Crippen LogP contribution >= 0.6 is 27.5 Å². The summed E-state index contributed by atoms with van der Waals surface area (Å²) in [7, 11) is 0. The number of pyridine rings is 1. The maximum absolute atomic E-state index is 12.7. The predicted molar refractivity (Wildman–Crippen MR) is 98.2 cm³/mol. The lowest BCUT2D eigenvalue weighted by molar-refractivity contribution is -0.118. The lowest BCUT2D eigenvalue weighted by Crippen LogP contribution is -2.24. The molecule has 2 unspecified atom stereocenters. The fraction of sp³-hybridized carbons (Fsp3) is 0.444. The van der Waals surface area contributed by atoms with Gasteiger partial charge in [-0.15, -0.1) is 0 Å². The predicted octanol–water partition coefficient (Wildman–Crippen LogP) is 4.65. The Morgan fingerprint density at radius 3 is 2.83 bits per heavy atom. The molecule has 126 valence electrons. The lowest BCUT2D eigenvalue weighted by Gasteiger charge is -2.23. The summed E-state index contributed by atoms with van der Waals surface area (Å²) in [6.07, 6.45) is 3.69. The average Bonchev–Trinajstić information content (AvgIpc) is 3.12. The van der Waals surface area contributed by atoms with Crippen LogP contribution in [0.25, 0.3) is 10.8 Å². The van der Waals surface area contributed by atoms with Crippen LogP contribution in [0.15, 0.2) is 28.9 Å². The summed E-state index contributed by atoms with van der Waals surface area (Å²) in [6, 6.07) is 5.69. The number of benzene rings is 1. The summed E-state index contributed by atoms with van der Waals surface area (Å²) >= 11 is 9.53. The molecule has 1 N–H and O–H groups in total. The summed E-state index contributed by atoms with van der Waals surface area (Å²) in [4.78, 5) is 17.0. The zero-order valence-electron chi connectivity index (χ0n) is 13.3. The quantitative estimate of drug-likeness (QED) is 0.785. The summed E-state index contributed by atoms with van der Waals surface area (Å²) in [6.45, 7) is 3.69. The molecule has 2 aliphatic rings. The summed E-state index contributed by atoms with van der Waals surface area (Å²) in [5.41, 5.74) is 0.135. The van der Waals surface area contributed by atoms with Gasteiger partial charge in [-0.1, -0.05) is 18.5 Å². The molecule has 1 aromatic carbocycles. The van der Waals surface area contributed by atoms with Crippen LogP contribution in [0, 0.1) is 17.3 Å². The van der Waals surface area contributed by atoms with Gasteiger partial charge >= 0.3 is 0 Å². The smallest absolute Gasteiger partial charge is 0.229 e. The number of halogens is 2. The first-order valence-corrected chi connectivity index (χ1v) is 9.32. The van der Waals surface area contributed by atoms with Crippen LogP contribution in [0.2, 0.25) is 5.02 Å². The molecule has 0 radical (unpaired) electrons. The largest absolute Gasteiger partial charge is 0.381 e. The van der Waals surface area contributed by atoms with Gasteiger partial charge in [0.05, 0.1) is 5.02 Å². The fourth-order valence-corrected chi connectivity index (χ4v) is 4.65. The van der Waals surface area contributed by atoms with Gasteiger partial charge in [0.25, 0.3) is 0 Å². The topological polar surface area (TPSA) is 51.2 Å². The highest BCUT2D eigenvalue weighted by molar-refractivity contribution is 9.10. The Hall–Kier alpha value is -1.17. The van der Waals surface area contributed by atoms with Crippen LogP contribution in [-0.2, 0) is 9.53 Å². The first kappa shape index (κ1) is 16.3. The van der Waals surface area contributed by atoms with E-state index in [1.165, 1.54) is 0 Å². The minimum atomic E-state index is 0.0656. The number of hydrogen-bond donors (Lipinski definition) is 1. The second-order valence-corrected chi connectivity index (χ2v) is 8.05. The minimum absolute atomic E-state index is 0.0656. The molecule has 2 heterocycles. The molecule has 2 atom stereocenters. The van der Waals surface area contributed by atoms with Gasteiger partial charge < -0.3 is 10.1 Å². The zero-order valence-corrected chi connectivity index (χ0v) is 15.7. The second kappa shape index (κ2) is 5.97. The van der Waals surface area contributed by atoms with E-state index in [2.05, 4.69) is 33.2 Å². The van der Waals surface area contributed by atoms with E-state index in [9.17, 15) is 4.79 Å². The van der Waals surface area contributed by atoms with Gasteiger partial charge in [0.15, 0.2) is 0 Å². The van der Waals surface area contributed by atoms with Crippen LogP contribution in [-0.4, -0.2) is 24.1 Å². The zero-order chi connectivity index (χ0) is 16.9. The molecular formula is C18H18BrClN2O2. The van der Waals surface area contributed by atoms with Gasteiger partial charge in [0.2, 0.25) is 5.91 Å². The molecule has 4 rings (SSSR count). The molecule has 2 aromatic rings.